The predicted molar refractivity (Wildman–Crippen MR) is 66.8 cm³/mol. The summed E-state index contributed by atoms with van der Waals surface area (Å²) in [5, 5.41) is 9.16. The molecule has 0 spiro atoms. The van der Waals surface area contributed by atoms with Gasteiger partial charge in [0.25, 0.3) is 0 Å². The lowest BCUT2D eigenvalue weighted by Crippen LogP contribution is -2.03. The van der Waals surface area contributed by atoms with Crippen LogP contribution in [0.3, 0.4) is 0 Å². The Bertz CT molecular complexity index is 568. The molecule has 0 aliphatic carbocycles. The molecule has 0 bridgehead atoms. The molecule has 2 aromatic rings. The average molecular weight is 249 g/mol. The van der Waals surface area contributed by atoms with Crippen LogP contribution in [0.1, 0.15) is 25.6 Å². The lowest BCUT2D eigenvalue weighted by atomic mass is 10.3. The molecule has 0 aliphatic rings. The molecular formula is C12H13ClN4. The van der Waals surface area contributed by atoms with Crippen molar-refractivity contribution in [3.8, 4) is 6.07 Å². The fraction of sp³-hybridized carbons (Fsp3) is 0.417. The van der Waals surface area contributed by atoms with Gasteiger partial charge in [0.15, 0.2) is 5.65 Å². The molecule has 2 aromatic heterocycles. The summed E-state index contributed by atoms with van der Waals surface area (Å²) in [5.74, 6) is 0.993. The van der Waals surface area contributed by atoms with Gasteiger partial charge >= 0.3 is 0 Å². The van der Waals surface area contributed by atoms with Crippen LogP contribution >= 0.6 is 11.6 Å². The van der Waals surface area contributed by atoms with E-state index in [1.54, 1.807) is 6.20 Å². The molecule has 5 heteroatoms. The zero-order valence-electron chi connectivity index (χ0n) is 9.65. The Morgan fingerprint density at radius 2 is 2.35 bits per heavy atom. The normalized spacial score (nSPS) is 10.6. The smallest absolute Gasteiger partial charge is 0.160 e. The summed E-state index contributed by atoms with van der Waals surface area (Å²) >= 11 is 5.90. The molecule has 0 atom stereocenters. The third kappa shape index (κ3) is 2.40. The van der Waals surface area contributed by atoms with E-state index in [0.717, 1.165) is 36.4 Å². The van der Waals surface area contributed by atoms with Gasteiger partial charge in [0.1, 0.15) is 11.3 Å². The van der Waals surface area contributed by atoms with Gasteiger partial charge in [-0.15, -0.1) is 0 Å². The topological polar surface area (TPSA) is 54.5 Å². The van der Waals surface area contributed by atoms with Crippen molar-refractivity contribution in [1.82, 2.24) is 14.5 Å². The summed E-state index contributed by atoms with van der Waals surface area (Å²) in [7, 11) is 0. The van der Waals surface area contributed by atoms with Gasteiger partial charge in [0, 0.05) is 25.6 Å². The molecule has 0 saturated carbocycles. The first-order valence-corrected chi connectivity index (χ1v) is 6.01. The monoisotopic (exact) mass is 248 g/mol. The maximum Gasteiger partial charge on any atom is 0.160 e. The molecule has 2 heterocycles. The standard InChI is InChI=1S/C12H13ClN4/c1-2-11-16-10-7-9(13)8-15-12(10)17(11)6-4-3-5-14/h7-8H,2-4,6H2,1H3. The highest BCUT2D eigenvalue weighted by molar-refractivity contribution is 6.31. The molecule has 0 amide bonds. The number of hydrogen-bond acceptors (Lipinski definition) is 3. The number of imidazole rings is 1. The van der Waals surface area contributed by atoms with Crippen molar-refractivity contribution < 1.29 is 0 Å². The maximum atomic E-state index is 8.56. The zero-order chi connectivity index (χ0) is 12.3. The van der Waals surface area contributed by atoms with Gasteiger partial charge in [-0.25, -0.2) is 9.97 Å². The number of nitrogens with zero attached hydrogens (tertiary/aromatic N) is 4. The Morgan fingerprint density at radius 3 is 3.06 bits per heavy atom. The summed E-state index contributed by atoms with van der Waals surface area (Å²) in [4.78, 5) is 8.82. The van der Waals surface area contributed by atoms with E-state index in [1.165, 1.54) is 0 Å². The first-order chi connectivity index (χ1) is 8.26. The van der Waals surface area contributed by atoms with Crippen LogP contribution in [0.5, 0.6) is 0 Å². The molecule has 0 fully saturated rings. The second kappa shape index (κ2) is 5.15. The van der Waals surface area contributed by atoms with Crippen LogP contribution in [0.25, 0.3) is 11.2 Å². The minimum atomic E-state index is 0.552. The zero-order valence-corrected chi connectivity index (χ0v) is 10.4. The van der Waals surface area contributed by atoms with Crippen LogP contribution in [-0.4, -0.2) is 14.5 Å². The third-order valence-electron chi connectivity index (χ3n) is 2.62. The molecule has 0 aromatic carbocycles. The van der Waals surface area contributed by atoms with E-state index >= 15 is 0 Å². The average Bonchev–Trinajstić information content (AvgIpc) is 2.67. The van der Waals surface area contributed by atoms with Crippen LogP contribution in [-0.2, 0) is 13.0 Å². The number of halogens is 1. The van der Waals surface area contributed by atoms with Crippen molar-refractivity contribution in [3.63, 3.8) is 0 Å². The first kappa shape index (κ1) is 11.9. The van der Waals surface area contributed by atoms with Crippen LogP contribution < -0.4 is 0 Å². The summed E-state index contributed by atoms with van der Waals surface area (Å²) in [6.45, 7) is 2.84. The van der Waals surface area contributed by atoms with E-state index in [9.17, 15) is 0 Å². The molecule has 17 heavy (non-hydrogen) atoms. The van der Waals surface area contributed by atoms with Crippen molar-refractivity contribution in [1.29, 1.82) is 5.26 Å². The molecule has 0 radical (unpaired) electrons. The number of pyridine rings is 1. The summed E-state index contributed by atoms with van der Waals surface area (Å²) in [6.07, 6.45) is 3.85. The number of rotatable bonds is 4. The summed E-state index contributed by atoms with van der Waals surface area (Å²) < 4.78 is 2.07. The molecule has 0 aliphatic heterocycles. The minimum absolute atomic E-state index is 0.552. The molecule has 4 nitrogen and oxygen atoms in total. The summed E-state index contributed by atoms with van der Waals surface area (Å²) in [6, 6.07) is 3.97. The van der Waals surface area contributed by atoms with E-state index in [1.807, 2.05) is 6.07 Å². The highest BCUT2D eigenvalue weighted by Crippen LogP contribution is 2.19. The van der Waals surface area contributed by atoms with Crippen molar-refractivity contribution in [2.45, 2.75) is 32.7 Å². The van der Waals surface area contributed by atoms with Gasteiger partial charge in [-0.1, -0.05) is 18.5 Å². The van der Waals surface area contributed by atoms with Gasteiger partial charge in [-0.3, -0.25) is 0 Å². The fourth-order valence-corrected chi connectivity index (χ4v) is 2.01. The van der Waals surface area contributed by atoms with E-state index < -0.39 is 0 Å². The predicted octanol–water partition coefficient (Wildman–Crippen LogP) is 2.95. The van der Waals surface area contributed by atoms with Gasteiger partial charge in [-0.05, 0) is 12.5 Å². The number of aryl methyl sites for hydroxylation is 2. The van der Waals surface area contributed by atoms with Crippen molar-refractivity contribution in [2.75, 3.05) is 0 Å². The van der Waals surface area contributed by atoms with E-state index in [4.69, 9.17) is 16.9 Å². The molecule has 88 valence electrons. The molecule has 0 N–H and O–H groups in total. The van der Waals surface area contributed by atoms with Crippen LogP contribution in [0.4, 0.5) is 0 Å². The van der Waals surface area contributed by atoms with Crippen molar-refractivity contribution in [2.24, 2.45) is 0 Å². The second-order valence-corrected chi connectivity index (χ2v) is 4.23. The molecule has 0 unspecified atom stereocenters. The van der Waals surface area contributed by atoms with E-state index in [-0.39, 0.29) is 0 Å². The Labute approximate surface area is 105 Å². The number of unbranched alkanes of at least 4 members (excludes halogenated alkanes) is 1. The van der Waals surface area contributed by atoms with Gasteiger partial charge in [-0.2, -0.15) is 5.26 Å². The van der Waals surface area contributed by atoms with Gasteiger partial charge < -0.3 is 4.57 Å². The van der Waals surface area contributed by atoms with E-state index in [0.29, 0.717) is 11.4 Å². The maximum absolute atomic E-state index is 8.56. The quantitative estimate of drug-likeness (QED) is 0.782. The fourth-order valence-electron chi connectivity index (χ4n) is 1.85. The highest BCUT2D eigenvalue weighted by atomic mass is 35.5. The molecule has 2 rings (SSSR count). The van der Waals surface area contributed by atoms with Crippen LogP contribution in [0.2, 0.25) is 5.02 Å². The Kier molecular flexibility index (Phi) is 3.60. The molecule has 0 saturated heterocycles. The number of fused-ring (bicyclic) bond motifs is 1. The number of aromatic nitrogens is 3. The van der Waals surface area contributed by atoms with Crippen LogP contribution in [0, 0.1) is 11.3 Å². The Balaban J connectivity index is 2.40. The van der Waals surface area contributed by atoms with Gasteiger partial charge in [0.2, 0.25) is 0 Å². The second-order valence-electron chi connectivity index (χ2n) is 3.79. The molecular weight excluding hydrogens is 236 g/mol. The third-order valence-corrected chi connectivity index (χ3v) is 2.82. The largest absolute Gasteiger partial charge is 0.313 e. The Morgan fingerprint density at radius 1 is 1.53 bits per heavy atom. The highest BCUT2D eigenvalue weighted by Gasteiger charge is 2.10. The van der Waals surface area contributed by atoms with Crippen molar-refractivity contribution >= 4 is 22.8 Å². The lowest BCUT2D eigenvalue weighted by Gasteiger charge is -2.05. The lowest BCUT2D eigenvalue weighted by molar-refractivity contribution is 0.634. The Hall–Kier alpha value is -1.60. The summed E-state index contributed by atoms with van der Waals surface area (Å²) in [5.41, 5.74) is 1.68. The number of hydrogen-bond donors (Lipinski definition) is 0. The van der Waals surface area contributed by atoms with Crippen molar-refractivity contribution in [3.05, 3.63) is 23.1 Å². The van der Waals surface area contributed by atoms with E-state index in [2.05, 4.69) is 27.5 Å². The SMILES string of the molecule is CCc1nc2cc(Cl)cnc2n1CCCC#N. The first-order valence-electron chi connectivity index (χ1n) is 5.64. The van der Waals surface area contributed by atoms with Crippen LogP contribution in [0.15, 0.2) is 12.3 Å². The number of nitriles is 1. The minimum Gasteiger partial charge on any atom is -0.313 e. The van der Waals surface area contributed by atoms with Gasteiger partial charge in [0.05, 0.1) is 11.1 Å².